The van der Waals surface area contributed by atoms with Crippen LogP contribution in [0.2, 0.25) is 0 Å². The van der Waals surface area contributed by atoms with Crippen LogP contribution in [0.5, 0.6) is 0 Å². The first-order valence-corrected chi connectivity index (χ1v) is 13.6. The van der Waals surface area contributed by atoms with Crippen LogP contribution < -0.4 is 5.73 Å². The van der Waals surface area contributed by atoms with Crippen molar-refractivity contribution < 1.29 is 56.6 Å². The molecule has 0 radical (unpaired) electrons. The number of aliphatic hydroxyl groups excluding tert-OH is 2. The normalized spacial score (nSPS) is 21.0. The number of phosphoric ester groups is 1. The molecule has 0 aliphatic heterocycles. The van der Waals surface area contributed by atoms with Crippen molar-refractivity contribution in [3.05, 3.63) is 12.7 Å². The summed E-state index contributed by atoms with van der Waals surface area (Å²) in [4.78, 5) is 47.9. The Labute approximate surface area is 186 Å². The van der Waals surface area contributed by atoms with Gasteiger partial charge >= 0.3 is 23.5 Å². The van der Waals surface area contributed by atoms with E-state index in [2.05, 4.69) is 28.1 Å². The van der Waals surface area contributed by atoms with Crippen molar-refractivity contribution in [1.29, 1.82) is 0 Å². The number of nitrogens with zero attached hydrogens (tertiary/aromatic N) is 4. The van der Waals surface area contributed by atoms with Gasteiger partial charge in [0.15, 0.2) is 11.5 Å². The summed E-state index contributed by atoms with van der Waals surface area (Å²) in [5.41, 5.74) is 6.29. The molecule has 2 heterocycles. The molecule has 0 amide bonds. The lowest BCUT2D eigenvalue weighted by Crippen LogP contribution is -2.42. The van der Waals surface area contributed by atoms with Gasteiger partial charge in [-0.2, -0.15) is 8.62 Å². The van der Waals surface area contributed by atoms with Crippen molar-refractivity contribution in [2.75, 3.05) is 5.73 Å². The van der Waals surface area contributed by atoms with E-state index in [4.69, 9.17) is 15.5 Å². The van der Waals surface area contributed by atoms with Crippen LogP contribution in [0.15, 0.2) is 12.7 Å². The fourth-order valence-electron chi connectivity index (χ4n) is 2.81. The highest BCUT2D eigenvalue weighted by atomic mass is 31.3. The summed E-state index contributed by atoms with van der Waals surface area (Å²) < 4.78 is 47.5. The Morgan fingerprint density at radius 2 is 1.55 bits per heavy atom. The van der Waals surface area contributed by atoms with E-state index in [1.807, 2.05) is 0 Å². The molecular formula is C13H24N5O12P3. The molecule has 0 aromatic carbocycles. The molecule has 188 valence electrons. The molecule has 2 aromatic heterocycles. The van der Waals surface area contributed by atoms with Gasteiger partial charge in [0.25, 0.3) is 0 Å². The lowest BCUT2D eigenvalue weighted by atomic mass is 9.92. The van der Waals surface area contributed by atoms with E-state index in [9.17, 15) is 33.7 Å². The van der Waals surface area contributed by atoms with Crippen LogP contribution in [-0.2, 0) is 26.8 Å². The first kappa shape index (κ1) is 27.9. The van der Waals surface area contributed by atoms with Gasteiger partial charge in [0.2, 0.25) is 0 Å². The molecule has 7 atom stereocenters. The number of phosphoric acid groups is 3. The highest BCUT2D eigenvalue weighted by molar-refractivity contribution is 7.66. The topological polar surface area (TPSA) is 270 Å². The molecule has 8 N–H and O–H groups in total. The van der Waals surface area contributed by atoms with Gasteiger partial charge in [0, 0.05) is 5.92 Å². The molecule has 0 bridgehead atoms. The Bertz CT molecular complexity index is 1120. The molecule has 33 heavy (non-hydrogen) atoms. The number of nitrogens with two attached hydrogens (primary N) is 1. The molecule has 0 saturated carbocycles. The summed E-state index contributed by atoms with van der Waals surface area (Å²) in [5.74, 6) is -0.958. The summed E-state index contributed by atoms with van der Waals surface area (Å²) >= 11 is 0. The standard InChI is InChI=1S/C13H24N5O12P3/c1-6(8(3)28-32(24,25)30-33(26,27)29-31(21,22)23)10(19)11(20)7(2)18-5-17-9-12(14)15-4-16-13(9)18/h4-8,10-11,19-20H,1-3H3,(H,24,25)(H,26,27)(H2,14,15,16)(H2,21,22,23)/t6-,7-,8+,10-,11+/m1/s1. The minimum atomic E-state index is -5.69. The van der Waals surface area contributed by atoms with E-state index < -0.39 is 53.7 Å². The van der Waals surface area contributed by atoms with Gasteiger partial charge < -0.3 is 40.1 Å². The second-order valence-electron chi connectivity index (χ2n) is 7.07. The zero-order valence-corrected chi connectivity index (χ0v) is 20.1. The third-order valence-corrected chi connectivity index (χ3v) is 8.59. The van der Waals surface area contributed by atoms with Crippen molar-refractivity contribution >= 4 is 40.4 Å². The predicted octanol–water partition coefficient (Wildman–Crippen LogP) is 0.0592. The SMILES string of the molecule is C[C@@H]([C@@H](O)[C@@H](O)[C@@H](C)n1cnc2c(N)ncnc21)[C@H](C)OP(=O)(O)OP(=O)(O)OP(=O)(O)O. The van der Waals surface area contributed by atoms with Gasteiger partial charge in [-0.25, -0.2) is 28.6 Å². The molecular weight excluding hydrogens is 511 g/mol. The van der Waals surface area contributed by atoms with E-state index in [1.165, 1.54) is 38.0 Å². The third-order valence-electron chi connectivity index (χ3n) is 4.66. The van der Waals surface area contributed by atoms with Crippen molar-refractivity contribution in [2.45, 2.75) is 45.1 Å². The maximum Gasteiger partial charge on any atom is 0.490 e. The maximum atomic E-state index is 12.0. The molecule has 2 aromatic rings. The highest BCUT2D eigenvalue weighted by Gasteiger charge is 2.43. The average Bonchev–Trinajstić information content (AvgIpc) is 3.07. The fraction of sp³-hybridized carbons (Fsp3) is 0.615. The predicted molar refractivity (Wildman–Crippen MR) is 110 cm³/mol. The molecule has 20 heteroatoms. The van der Waals surface area contributed by atoms with Crippen LogP contribution in [0, 0.1) is 5.92 Å². The number of hydrogen-bond donors (Lipinski definition) is 7. The summed E-state index contributed by atoms with van der Waals surface area (Å²) in [6.07, 6.45) is -1.90. The quantitative estimate of drug-likeness (QED) is 0.187. The average molecular weight is 535 g/mol. The van der Waals surface area contributed by atoms with Crippen LogP contribution in [0.4, 0.5) is 5.82 Å². The van der Waals surface area contributed by atoms with E-state index in [1.54, 1.807) is 0 Å². The Balaban J connectivity index is 2.10. The molecule has 0 spiro atoms. The Morgan fingerprint density at radius 3 is 2.12 bits per heavy atom. The number of rotatable bonds is 11. The van der Waals surface area contributed by atoms with Crippen LogP contribution >= 0.6 is 23.5 Å². The van der Waals surface area contributed by atoms with E-state index in [0.29, 0.717) is 0 Å². The lowest BCUT2D eigenvalue weighted by molar-refractivity contribution is -0.0624. The third kappa shape index (κ3) is 7.33. The van der Waals surface area contributed by atoms with Gasteiger partial charge in [-0.15, -0.1) is 0 Å². The number of aromatic nitrogens is 4. The smallest absolute Gasteiger partial charge is 0.390 e. The Hall–Kier alpha value is -1.32. The maximum absolute atomic E-state index is 12.0. The summed E-state index contributed by atoms with van der Waals surface area (Å²) in [6, 6.07) is -0.819. The molecule has 0 aliphatic rings. The van der Waals surface area contributed by atoms with E-state index >= 15 is 0 Å². The second kappa shape index (κ2) is 10.1. The van der Waals surface area contributed by atoms with Gasteiger partial charge in [-0.1, -0.05) is 6.92 Å². The van der Waals surface area contributed by atoms with Crippen LogP contribution in [0.1, 0.15) is 26.8 Å². The molecule has 17 nitrogen and oxygen atoms in total. The summed E-state index contributed by atoms with van der Waals surface area (Å²) in [7, 11) is -16.6. The lowest BCUT2D eigenvalue weighted by Gasteiger charge is -2.32. The zero-order chi connectivity index (χ0) is 25.4. The fourth-order valence-corrected chi connectivity index (χ4v) is 6.08. The molecule has 2 unspecified atom stereocenters. The van der Waals surface area contributed by atoms with Crippen molar-refractivity contribution in [1.82, 2.24) is 19.5 Å². The monoisotopic (exact) mass is 535 g/mol. The molecule has 0 fully saturated rings. The Morgan fingerprint density at radius 1 is 0.939 bits per heavy atom. The number of imidazole rings is 1. The van der Waals surface area contributed by atoms with Crippen LogP contribution in [0.25, 0.3) is 11.2 Å². The van der Waals surface area contributed by atoms with Gasteiger partial charge in [0.05, 0.1) is 24.6 Å². The number of aliphatic hydroxyl groups is 2. The van der Waals surface area contributed by atoms with Gasteiger partial charge in [-0.05, 0) is 13.8 Å². The summed E-state index contributed by atoms with van der Waals surface area (Å²) in [6.45, 7) is 4.05. The first-order chi connectivity index (χ1) is 14.9. The number of anilines is 1. The number of nitrogen functional groups attached to an aromatic ring is 1. The minimum Gasteiger partial charge on any atom is -0.390 e. The number of fused-ring (bicyclic) bond motifs is 1. The molecule has 0 saturated heterocycles. The van der Waals surface area contributed by atoms with E-state index in [-0.39, 0.29) is 17.0 Å². The zero-order valence-electron chi connectivity index (χ0n) is 17.4. The van der Waals surface area contributed by atoms with Crippen molar-refractivity contribution in [3.8, 4) is 0 Å². The second-order valence-corrected chi connectivity index (χ2v) is 11.4. The highest BCUT2D eigenvalue weighted by Crippen LogP contribution is 2.66. The minimum absolute atomic E-state index is 0.110. The molecule has 0 aliphatic carbocycles. The van der Waals surface area contributed by atoms with E-state index in [0.717, 1.165) is 0 Å². The first-order valence-electron chi connectivity index (χ1n) is 9.05. The van der Waals surface area contributed by atoms with Gasteiger partial charge in [0.1, 0.15) is 17.9 Å². The Kier molecular flexibility index (Phi) is 8.56. The van der Waals surface area contributed by atoms with Crippen molar-refractivity contribution in [3.63, 3.8) is 0 Å². The van der Waals surface area contributed by atoms with Gasteiger partial charge in [-0.3, -0.25) is 4.52 Å². The van der Waals surface area contributed by atoms with Crippen LogP contribution in [-0.4, -0.2) is 67.6 Å². The van der Waals surface area contributed by atoms with Crippen LogP contribution in [0.3, 0.4) is 0 Å². The van der Waals surface area contributed by atoms with Crippen molar-refractivity contribution in [2.24, 2.45) is 5.92 Å². The number of hydrogen-bond acceptors (Lipinski definition) is 12. The largest absolute Gasteiger partial charge is 0.490 e. The molecule has 2 rings (SSSR count). The summed E-state index contributed by atoms with van der Waals surface area (Å²) in [5, 5.41) is 21.2.